The number of likely N-dealkylation sites (tertiary alicyclic amines) is 1. The highest BCUT2D eigenvalue weighted by atomic mass is 19.4. The first kappa shape index (κ1) is 26.1. The Morgan fingerprint density at radius 1 is 0.971 bits per heavy atom. The summed E-state index contributed by atoms with van der Waals surface area (Å²) in [5, 5.41) is 8.00. The molecule has 1 aliphatic heterocycles. The van der Waals surface area contributed by atoms with Gasteiger partial charge < -0.3 is 30.3 Å². The number of halogens is 3. The highest BCUT2D eigenvalue weighted by Crippen LogP contribution is 2.25. The first-order chi connectivity index (χ1) is 16.7. The second kappa shape index (κ2) is 12.3. The average molecular weight is 495 g/mol. The lowest BCUT2D eigenvalue weighted by atomic mass is 10.1. The zero-order valence-corrected chi connectivity index (χ0v) is 19.4. The fraction of sp³-hybridized carbons (Fsp3) is 0.417. The van der Waals surface area contributed by atoms with E-state index in [1.165, 1.54) is 44.6 Å². The lowest BCUT2D eigenvalue weighted by molar-refractivity contribution is -0.274. The van der Waals surface area contributed by atoms with Crippen LogP contribution in [0.3, 0.4) is 0 Å². The predicted octanol–water partition coefficient (Wildman–Crippen LogP) is 4.84. The summed E-state index contributed by atoms with van der Waals surface area (Å²) in [6.45, 7) is 3.73. The fourth-order valence-electron chi connectivity index (χ4n) is 3.77. The number of nitrogens with one attached hydrogen (secondary N) is 3. The number of hydrogen-bond donors (Lipinski definition) is 3. The Morgan fingerprint density at radius 3 is 2.29 bits per heavy atom. The van der Waals surface area contributed by atoms with E-state index in [0.717, 1.165) is 38.2 Å². The van der Waals surface area contributed by atoms with Crippen LogP contribution in [0.15, 0.2) is 42.5 Å². The van der Waals surface area contributed by atoms with Crippen LogP contribution in [-0.4, -0.2) is 56.5 Å². The summed E-state index contributed by atoms with van der Waals surface area (Å²) >= 11 is 0. The molecule has 3 N–H and O–H groups in total. The molecule has 2 aromatic rings. The average Bonchev–Trinajstić information content (AvgIpc) is 2.82. The molecule has 11 heteroatoms. The van der Waals surface area contributed by atoms with Crippen LogP contribution in [0.25, 0.3) is 0 Å². The van der Waals surface area contributed by atoms with Crippen LogP contribution in [-0.2, 0) is 0 Å². The molecule has 3 rings (SSSR count). The summed E-state index contributed by atoms with van der Waals surface area (Å²) in [7, 11) is 1.43. The van der Waals surface area contributed by atoms with Gasteiger partial charge in [-0.15, -0.1) is 13.2 Å². The number of rotatable bonds is 9. The van der Waals surface area contributed by atoms with Crippen molar-refractivity contribution < 1.29 is 32.2 Å². The number of hydrogen-bond acceptors (Lipinski definition) is 5. The van der Waals surface area contributed by atoms with E-state index in [-0.39, 0.29) is 11.6 Å². The minimum Gasteiger partial charge on any atom is -0.496 e. The number of benzene rings is 2. The Morgan fingerprint density at radius 2 is 1.63 bits per heavy atom. The van der Waals surface area contributed by atoms with Gasteiger partial charge in [0.15, 0.2) is 0 Å². The Balaban J connectivity index is 1.49. The summed E-state index contributed by atoms with van der Waals surface area (Å²) < 4.78 is 45.8. The number of urea groups is 1. The SMILES string of the molecule is COc1cc(NC(=O)Nc2ccc(OC(F)(F)F)cc2)ccc1C(=O)NCCCN1CCCCC1. The normalized spacial score (nSPS) is 14.2. The van der Waals surface area contributed by atoms with E-state index in [4.69, 9.17) is 4.74 Å². The number of anilines is 2. The van der Waals surface area contributed by atoms with Crippen molar-refractivity contribution in [1.82, 2.24) is 10.2 Å². The fourth-order valence-corrected chi connectivity index (χ4v) is 3.77. The highest BCUT2D eigenvalue weighted by Gasteiger charge is 2.31. The summed E-state index contributed by atoms with van der Waals surface area (Å²) in [4.78, 5) is 27.2. The third-order valence-electron chi connectivity index (χ3n) is 5.44. The van der Waals surface area contributed by atoms with Gasteiger partial charge >= 0.3 is 12.4 Å². The molecule has 1 aliphatic rings. The van der Waals surface area contributed by atoms with E-state index in [1.807, 2.05) is 0 Å². The molecule has 1 saturated heterocycles. The number of ether oxygens (including phenoxy) is 2. The largest absolute Gasteiger partial charge is 0.573 e. The molecule has 0 saturated carbocycles. The van der Waals surface area contributed by atoms with Crippen LogP contribution in [0.4, 0.5) is 29.3 Å². The van der Waals surface area contributed by atoms with Crippen molar-refractivity contribution in [1.29, 1.82) is 0 Å². The third-order valence-corrected chi connectivity index (χ3v) is 5.44. The number of nitrogens with zero attached hydrogens (tertiary/aromatic N) is 1. The highest BCUT2D eigenvalue weighted by molar-refractivity contribution is 6.01. The summed E-state index contributed by atoms with van der Waals surface area (Å²) in [6, 6.07) is 8.75. The van der Waals surface area contributed by atoms with Crippen LogP contribution in [0.2, 0.25) is 0 Å². The van der Waals surface area contributed by atoms with Crippen molar-refractivity contribution in [2.24, 2.45) is 0 Å². The van der Waals surface area contributed by atoms with Gasteiger partial charge in [-0.25, -0.2) is 4.79 Å². The summed E-state index contributed by atoms with van der Waals surface area (Å²) in [5.74, 6) is -0.365. The summed E-state index contributed by atoms with van der Waals surface area (Å²) in [6.07, 6.45) is -0.192. The Hall–Kier alpha value is -3.47. The molecule has 2 aromatic carbocycles. The molecule has 0 radical (unpaired) electrons. The lowest BCUT2D eigenvalue weighted by Crippen LogP contribution is -2.33. The van der Waals surface area contributed by atoms with E-state index in [1.54, 1.807) is 12.1 Å². The van der Waals surface area contributed by atoms with Gasteiger partial charge in [-0.2, -0.15) is 0 Å². The van der Waals surface area contributed by atoms with E-state index in [9.17, 15) is 22.8 Å². The third kappa shape index (κ3) is 8.67. The maximum Gasteiger partial charge on any atom is 0.573 e. The molecule has 35 heavy (non-hydrogen) atoms. The van der Waals surface area contributed by atoms with Crippen molar-refractivity contribution in [2.75, 3.05) is 43.9 Å². The molecular formula is C24H29F3N4O4. The second-order valence-corrected chi connectivity index (χ2v) is 8.08. The van der Waals surface area contributed by atoms with E-state index >= 15 is 0 Å². The van der Waals surface area contributed by atoms with Gasteiger partial charge in [-0.05, 0) is 75.3 Å². The molecule has 190 valence electrons. The Labute approximate surface area is 201 Å². The van der Waals surface area contributed by atoms with Crippen LogP contribution < -0.4 is 25.4 Å². The van der Waals surface area contributed by atoms with Crippen LogP contribution in [0.5, 0.6) is 11.5 Å². The first-order valence-corrected chi connectivity index (χ1v) is 11.4. The first-order valence-electron chi connectivity index (χ1n) is 11.4. The molecule has 0 aromatic heterocycles. The number of alkyl halides is 3. The molecule has 3 amide bonds. The van der Waals surface area contributed by atoms with E-state index in [2.05, 4.69) is 25.6 Å². The van der Waals surface area contributed by atoms with Gasteiger partial charge in [-0.1, -0.05) is 6.42 Å². The maximum atomic E-state index is 12.6. The van der Waals surface area contributed by atoms with Gasteiger partial charge in [-0.3, -0.25) is 4.79 Å². The molecular weight excluding hydrogens is 465 g/mol. The number of amides is 3. The molecule has 0 unspecified atom stereocenters. The second-order valence-electron chi connectivity index (χ2n) is 8.08. The van der Waals surface area contributed by atoms with Crippen LogP contribution in [0.1, 0.15) is 36.0 Å². The number of carbonyl (C=O) groups is 2. The van der Waals surface area contributed by atoms with E-state index in [0.29, 0.717) is 23.5 Å². The van der Waals surface area contributed by atoms with Crippen LogP contribution >= 0.6 is 0 Å². The molecule has 1 fully saturated rings. The van der Waals surface area contributed by atoms with Crippen molar-refractivity contribution in [3.8, 4) is 11.5 Å². The molecule has 1 heterocycles. The quantitative estimate of drug-likeness (QED) is 0.434. The molecule has 0 aliphatic carbocycles. The Bertz CT molecular complexity index is 993. The predicted molar refractivity (Wildman–Crippen MR) is 126 cm³/mol. The van der Waals surface area contributed by atoms with Gasteiger partial charge in [0.05, 0.1) is 12.7 Å². The number of methoxy groups -OCH3 is 1. The van der Waals surface area contributed by atoms with Gasteiger partial charge in [0.25, 0.3) is 5.91 Å². The molecule has 0 bridgehead atoms. The maximum absolute atomic E-state index is 12.6. The number of carbonyl (C=O) groups excluding carboxylic acids is 2. The van der Waals surface area contributed by atoms with Gasteiger partial charge in [0.2, 0.25) is 0 Å². The van der Waals surface area contributed by atoms with Crippen molar-refractivity contribution in [2.45, 2.75) is 32.0 Å². The minimum absolute atomic E-state index is 0.266. The topological polar surface area (TPSA) is 91.9 Å². The van der Waals surface area contributed by atoms with E-state index < -0.39 is 18.1 Å². The number of piperidine rings is 1. The monoisotopic (exact) mass is 494 g/mol. The zero-order chi connectivity index (χ0) is 25.3. The molecule has 0 atom stereocenters. The zero-order valence-electron chi connectivity index (χ0n) is 19.4. The van der Waals surface area contributed by atoms with Crippen molar-refractivity contribution >= 4 is 23.3 Å². The summed E-state index contributed by atoms with van der Waals surface area (Å²) in [5.41, 5.74) is 0.985. The Kier molecular flexibility index (Phi) is 9.18. The van der Waals surface area contributed by atoms with Gasteiger partial charge in [0, 0.05) is 24.0 Å². The smallest absolute Gasteiger partial charge is 0.496 e. The molecule has 8 nitrogen and oxygen atoms in total. The van der Waals surface area contributed by atoms with Crippen molar-refractivity contribution in [3.63, 3.8) is 0 Å². The van der Waals surface area contributed by atoms with Crippen molar-refractivity contribution in [3.05, 3.63) is 48.0 Å². The van der Waals surface area contributed by atoms with Gasteiger partial charge in [0.1, 0.15) is 11.5 Å². The standard InChI is InChI=1S/C24H29F3N4O4/c1-34-21-16-18(30-23(33)29-17-6-9-19(10-7-17)35-24(25,26)27)8-11-20(21)22(32)28-12-5-15-31-13-3-2-4-14-31/h6-11,16H,2-5,12-15H2,1H3,(H,28,32)(H2,29,30,33). The lowest BCUT2D eigenvalue weighted by Gasteiger charge is -2.26. The van der Waals surface area contributed by atoms with Crippen LogP contribution in [0, 0.1) is 0 Å². The minimum atomic E-state index is -4.79. The molecule has 0 spiro atoms.